The molecule has 0 aromatic heterocycles. The largest absolute Gasteiger partial charge is 0.205 e. The summed E-state index contributed by atoms with van der Waals surface area (Å²) in [5, 5.41) is 5.72. The molecule has 1 aliphatic heterocycles. The smallest absolute Gasteiger partial charge is 0.174 e. The first-order valence-electron chi connectivity index (χ1n) is 5.59. The summed E-state index contributed by atoms with van der Waals surface area (Å²) in [7, 11) is 0. The Bertz CT molecular complexity index is 406. The fourth-order valence-corrected chi connectivity index (χ4v) is 2.67. The average Bonchev–Trinajstić information content (AvgIpc) is 2.63. The monoisotopic (exact) mass is 235 g/mol. The molecule has 0 amide bonds. The number of thioether (sulfide) groups is 1. The van der Waals surface area contributed by atoms with Crippen LogP contribution in [0, 0.1) is 5.41 Å². The van der Waals surface area contributed by atoms with Crippen LogP contribution in [0.3, 0.4) is 0 Å². The molecule has 3 heteroatoms. The van der Waals surface area contributed by atoms with Crippen molar-refractivity contribution in [2.45, 2.75) is 32.6 Å². The van der Waals surface area contributed by atoms with Crippen LogP contribution in [-0.2, 0) is 0 Å². The highest BCUT2D eigenvalue weighted by Gasteiger charge is 2.47. The summed E-state index contributed by atoms with van der Waals surface area (Å²) in [5.74, 6) is 0. The third-order valence-corrected chi connectivity index (χ3v) is 4.92. The number of hydrogen-bond donors (Lipinski definition) is 1. The number of hydrogen-bond acceptors (Lipinski definition) is 2. The predicted octanol–water partition coefficient (Wildman–Crippen LogP) is 2.42. The first-order valence-corrected chi connectivity index (χ1v) is 6.41. The molecule has 0 radical (unpaired) electrons. The van der Waals surface area contributed by atoms with E-state index in [2.05, 4.69) is 62.5 Å². The van der Waals surface area contributed by atoms with Crippen molar-refractivity contribution in [3.8, 4) is 0 Å². The average molecular weight is 235 g/mol. The van der Waals surface area contributed by atoms with E-state index in [0.29, 0.717) is 0 Å². The van der Waals surface area contributed by atoms with Gasteiger partial charge in [0.25, 0.3) is 0 Å². The highest BCUT2D eigenvalue weighted by atomic mass is 32.2. The SMILES string of the molecule is CC(C)(C)C1(C)[NH2+]N=C(c2ccccc2)S1. The first-order chi connectivity index (χ1) is 7.42. The predicted molar refractivity (Wildman–Crippen MR) is 70.4 cm³/mol. The van der Waals surface area contributed by atoms with Crippen molar-refractivity contribution in [3.63, 3.8) is 0 Å². The van der Waals surface area contributed by atoms with Crippen molar-refractivity contribution in [2.75, 3.05) is 0 Å². The molecule has 1 heterocycles. The minimum absolute atomic E-state index is 0.0954. The van der Waals surface area contributed by atoms with E-state index in [-0.39, 0.29) is 10.3 Å². The second-order valence-electron chi connectivity index (χ2n) is 5.39. The van der Waals surface area contributed by atoms with Gasteiger partial charge in [-0.15, -0.1) is 0 Å². The van der Waals surface area contributed by atoms with Gasteiger partial charge in [0, 0.05) is 17.9 Å². The summed E-state index contributed by atoms with van der Waals surface area (Å²) in [5.41, 5.74) is 3.54. The van der Waals surface area contributed by atoms with Crippen LogP contribution in [0.2, 0.25) is 0 Å². The maximum atomic E-state index is 4.58. The van der Waals surface area contributed by atoms with Gasteiger partial charge in [-0.25, -0.2) is 5.43 Å². The molecule has 86 valence electrons. The van der Waals surface area contributed by atoms with E-state index < -0.39 is 0 Å². The highest BCUT2D eigenvalue weighted by Crippen LogP contribution is 2.40. The molecule has 2 rings (SSSR count). The van der Waals surface area contributed by atoms with Gasteiger partial charge in [0.1, 0.15) is 0 Å². The van der Waals surface area contributed by atoms with Gasteiger partial charge >= 0.3 is 0 Å². The fraction of sp³-hybridized carbons (Fsp3) is 0.462. The van der Waals surface area contributed by atoms with Crippen molar-refractivity contribution in [1.29, 1.82) is 0 Å². The van der Waals surface area contributed by atoms with Crippen LogP contribution >= 0.6 is 11.8 Å². The quantitative estimate of drug-likeness (QED) is 0.744. The molecule has 2 nitrogen and oxygen atoms in total. The minimum Gasteiger partial charge on any atom is -0.205 e. The summed E-state index contributed by atoms with van der Waals surface area (Å²) in [6, 6.07) is 10.4. The summed E-state index contributed by atoms with van der Waals surface area (Å²) in [6.45, 7) is 9.05. The van der Waals surface area contributed by atoms with Crippen LogP contribution in [0.4, 0.5) is 0 Å². The van der Waals surface area contributed by atoms with E-state index in [9.17, 15) is 0 Å². The van der Waals surface area contributed by atoms with Crippen molar-refractivity contribution < 1.29 is 5.43 Å². The summed E-state index contributed by atoms with van der Waals surface area (Å²) in [6.07, 6.45) is 0. The van der Waals surface area contributed by atoms with Crippen LogP contribution in [0.1, 0.15) is 33.3 Å². The lowest BCUT2D eigenvalue weighted by molar-refractivity contribution is -0.714. The Morgan fingerprint density at radius 1 is 1.19 bits per heavy atom. The Morgan fingerprint density at radius 3 is 2.31 bits per heavy atom. The van der Waals surface area contributed by atoms with Crippen LogP contribution in [0.5, 0.6) is 0 Å². The van der Waals surface area contributed by atoms with Gasteiger partial charge in [-0.2, -0.15) is 0 Å². The lowest BCUT2D eigenvalue weighted by Crippen LogP contribution is -2.91. The molecule has 1 aromatic rings. The standard InChI is InChI=1S/C13H18N2S/c1-12(2,3)13(4)15-14-11(16-13)10-8-6-5-7-9-10/h5-9,15H,1-4H3/p+1. The van der Waals surface area contributed by atoms with Gasteiger partial charge in [0.15, 0.2) is 9.91 Å². The van der Waals surface area contributed by atoms with Gasteiger partial charge in [0.05, 0.1) is 0 Å². The van der Waals surface area contributed by atoms with Gasteiger partial charge in [0.2, 0.25) is 0 Å². The zero-order chi connectivity index (χ0) is 11.8. The Balaban J connectivity index is 2.20. The summed E-state index contributed by atoms with van der Waals surface area (Å²) in [4.78, 5) is 0.0954. The van der Waals surface area contributed by atoms with Gasteiger partial charge in [-0.3, -0.25) is 0 Å². The van der Waals surface area contributed by atoms with Crippen LogP contribution < -0.4 is 5.43 Å². The molecule has 1 aromatic carbocycles. The van der Waals surface area contributed by atoms with E-state index in [4.69, 9.17) is 0 Å². The van der Waals surface area contributed by atoms with Crippen molar-refractivity contribution in [3.05, 3.63) is 35.9 Å². The number of benzene rings is 1. The molecule has 1 aliphatic rings. The maximum Gasteiger partial charge on any atom is 0.174 e. The molecular formula is C13H19N2S+. The van der Waals surface area contributed by atoms with Crippen LogP contribution in [0.25, 0.3) is 0 Å². The van der Waals surface area contributed by atoms with E-state index >= 15 is 0 Å². The van der Waals surface area contributed by atoms with E-state index in [1.807, 2.05) is 17.8 Å². The summed E-state index contributed by atoms with van der Waals surface area (Å²) >= 11 is 1.87. The first kappa shape index (κ1) is 11.7. The zero-order valence-electron chi connectivity index (χ0n) is 10.3. The number of quaternary nitrogens is 1. The molecule has 0 saturated carbocycles. The molecule has 16 heavy (non-hydrogen) atoms. The van der Waals surface area contributed by atoms with Gasteiger partial charge < -0.3 is 0 Å². The van der Waals surface area contributed by atoms with Gasteiger partial charge in [-0.05, 0) is 11.8 Å². The third kappa shape index (κ3) is 2.02. The topological polar surface area (TPSA) is 29.0 Å². The summed E-state index contributed by atoms with van der Waals surface area (Å²) < 4.78 is 0. The fourth-order valence-electron chi connectivity index (χ4n) is 1.50. The normalized spacial score (nSPS) is 25.6. The third-order valence-electron chi connectivity index (χ3n) is 3.25. The molecular weight excluding hydrogens is 216 g/mol. The Labute approximate surface area is 102 Å². The molecule has 0 saturated heterocycles. The van der Waals surface area contributed by atoms with Crippen molar-refractivity contribution in [1.82, 2.24) is 0 Å². The Hall–Kier alpha value is -0.800. The molecule has 0 fully saturated rings. The minimum atomic E-state index is 0.0954. The zero-order valence-corrected chi connectivity index (χ0v) is 11.1. The number of nitrogens with two attached hydrogens (primary N) is 1. The lowest BCUT2D eigenvalue weighted by Gasteiger charge is -2.32. The van der Waals surface area contributed by atoms with Gasteiger partial charge in [-0.1, -0.05) is 56.2 Å². The maximum absolute atomic E-state index is 4.58. The molecule has 0 spiro atoms. The molecule has 2 N–H and O–H groups in total. The van der Waals surface area contributed by atoms with Crippen molar-refractivity contribution in [2.24, 2.45) is 10.5 Å². The molecule has 1 unspecified atom stereocenters. The second kappa shape index (κ2) is 3.90. The van der Waals surface area contributed by atoms with E-state index in [0.717, 1.165) is 5.04 Å². The lowest BCUT2D eigenvalue weighted by atomic mass is 9.88. The van der Waals surface area contributed by atoms with Crippen LogP contribution in [0.15, 0.2) is 35.4 Å². The van der Waals surface area contributed by atoms with Crippen LogP contribution in [-0.4, -0.2) is 9.91 Å². The highest BCUT2D eigenvalue weighted by molar-refractivity contribution is 8.15. The van der Waals surface area contributed by atoms with E-state index in [1.165, 1.54) is 5.56 Å². The Morgan fingerprint density at radius 2 is 1.81 bits per heavy atom. The molecule has 0 bridgehead atoms. The van der Waals surface area contributed by atoms with Crippen molar-refractivity contribution >= 4 is 16.8 Å². The second-order valence-corrected chi connectivity index (χ2v) is 6.83. The van der Waals surface area contributed by atoms with E-state index in [1.54, 1.807) is 0 Å². The number of nitrogens with zero attached hydrogens (tertiary/aromatic N) is 1. The Kier molecular flexibility index (Phi) is 2.84. The molecule has 1 atom stereocenters. The molecule has 0 aliphatic carbocycles. The number of rotatable bonds is 1.